The van der Waals surface area contributed by atoms with E-state index in [0.29, 0.717) is 6.54 Å². The fourth-order valence-electron chi connectivity index (χ4n) is 1.40. The first-order chi connectivity index (χ1) is 8.80. The molecule has 0 spiro atoms. The molecule has 1 aromatic rings. The molecule has 0 saturated heterocycles. The van der Waals surface area contributed by atoms with Gasteiger partial charge < -0.3 is 16.2 Å². The zero-order chi connectivity index (χ0) is 14.6. The maximum atomic E-state index is 11.9. The SMILES string of the molecule is CC(O)S(=O)(=O)c1cc([N+](=O)[O-])ccc1NCCN. The zero-order valence-corrected chi connectivity index (χ0v) is 11.1. The van der Waals surface area contributed by atoms with Crippen LogP contribution in [0.15, 0.2) is 23.1 Å². The van der Waals surface area contributed by atoms with Crippen molar-refractivity contribution in [2.75, 3.05) is 18.4 Å². The number of nitrogens with zero attached hydrogens (tertiary/aromatic N) is 1. The Bertz CT molecular complexity index is 571. The molecule has 1 atom stereocenters. The third-order valence-electron chi connectivity index (χ3n) is 2.39. The quantitative estimate of drug-likeness (QED) is 0.498. The van der Waals surface area contributed by atoms with E-state index in [4.69, 9.17) is 5.73 Å². The molecule has 19 heavy (non-hydrogen) atoms. The van der Waals surface area contributed by atoms with Gasteiger partial charge in [0.05, 0.1) is 15.5 Å². The molecule has 0 radical (unpaired) electrons. The van der Waals surface area contributed by atoms with Crippen molar-refractivity contribution < 1.29 is 18.4 Å². The van der Waals surface area contributed by atoms with Crippen molar-refractivity contribution in [3.63, 3.8) is 0 Å². The minimum absolute atomic E-state index is 0.178. The van der Waals surface area contributed by atoms with E-state index in [1.807, 2.05) is 0 Å². The lowest BCUT2D eigenvalue weighted by atomic mass is 10.3. The van der Waals surface area contributed by atoms with Crippen LogP contribution in [-0.4, -0.2) is 37.0 Å². The number of benzene rings is 1. The summed E-state index contributed by atoms with van der Waals surface area (Å²) in [7, 11) is -4.05. The average Bonchev–Trinajstić information content (AvgIpc) is 2.35. The van der Waals surface area contributed by atoms with E-state index in [1.54, 1.807) is 0 Å². The predicted molar refractivity (Wildman–Crippen MR) is 69.5 cm³/mol. The average molecular weight is 289 g/mol. The molecule has 9 heteroatoms. The number of hydrogen-bond acceptors (Lipinski definition) is 7. The molecule has 0 aromatic heterocycles. The van der Waals surface area contributed by atoms with Crippen molar-refractivity contribution in [1.29, 1.82) is 0 Å². The fourth-order valence-corrected chi connectivity index (χ4v) is 2.50. The number of nitro groups is 1. The van der Waals surface area contributed by atoms with Gasteiger partial charge in [0.15, 0.2) is 5.44 Å². The lowest BCUT2D eigenvalue weighted by Gasteiger charge is -2.13. The first kappa shape index (κ1) is 15.3. The number of non-ortho nitro benzene ring substituents is 1. The summed E-state index contributed by atoms with van der Waals surface area (Å²) in [6.45, 7) is 1.66. The molecule has 4 N–H and O–H groups in total. The summed E-state index contributed by atoms with van der Waals surface area (Å²) in [5.41, 5.74) is 3.46. The highest BCUT2D eigenvalue weighted by Gasteiger charge is 2.26. The van der Waals surface area contributed by atoms with Gasteiger partial charge in [-0.25, -0.2) is 8.42 Å². The van der Waals surface area contributed by atoms with Crippen molar-refractivity contribution in [1.82, 2.24) is 0 Å². The van der Waals surface area contributed by atoms with Crippen molar-refractivity contribution in [3.05, 3.63) is 28.3 Å². The maximum absolute atomic E-state index is 11.9. The van der Waals surface area contributed by atoms with Crippen molar-refractivity contribution in [2.24, 2.45) is 5.73 Å². The zero-order valence-electron chi connectivity index (χ0n) is 10.2. The van der Waals surface area contributed by atoms with E-state index in [9.17, 15) is 23.6 Å². The Morgan fingerprint density at radius 1 is 1.53 bits per heavy atom. The summed E-state index contributed by atoms with van der Waals surface area (Å²) < 4.78 is 23.9. The number of rotatable bonds is 6. The molecular formula is C10H15N3O5S. The van der Waals surface area contributed by atoms with Gasteiger partial charge in [-0.3, -0.25) is 10.1 Å². The van der Waals surface area contributed by atoms with Gasteiger partial charge in [-0.2, -0.15) is 0 Å². The second kappa shape index (κ2) is 5.95. The van der Waals surface area contributed by atoms with E-state index in [0.717, 1.165) is 13.0 Å². The Kier molecular flexibility index (Phi) is 4.81. The van der Waals surface area contributed by atoms with E-state index >= 15 is 0 Å². The van der Waals surface area contributed by atoms with Gasteiger partial charge >= 0.3 is 0 Å². The van der Waals surface area contributed by atoms with E-state index in [-0.39, 0.29) is 22.8 Å². The fraction of sp³-hybridized carbons (Fsp3) is 0.400. The van der Waals surface area contributed by atoms with Gasteiger partial charge in [-0.05, 0) is 13.0 Å². The molecule has 0 amide bonds. The molecule has 106 valence electrons. The Morgan fingerprint density at radius 2 is 2.16 bits per heavy atom. The van der Waals surface area contributed by atoms with Gasteiger partial charge in [0, 0.05) is 25.2 Å². The highest BCUT2D eigenvalue weighted by molar-refractivity contribution is 7.92. The van der Waals surface area contributed by atoms with Crippen LogP contribution in [0.25, 0.3) is 0 Å². The van der Waals surface area contributed by atoms with E-state index < -0.39 is 20.2 Å². The summed E-state index contributed by atoms with van der Waals surface area (Å²) >= 11 is 0. The molecule has 0 fully saturated rings. The van der Waals surface area contributed by atoms with Crippen LogP contribution in [-0.2, 0) is 9.84 Å². The van der Waals surface area contributed by atoms with E-state index in [1.165, 1.54) is 12.1 Å². The summed E-state index contributed by atoms with van der Waals surface area (Å²) in [5, 5.41) is 22.7. The third-order valence-corrected chi connectivity index (χ3v) is 4.24. The molecule has 0 bridgehead atoms. The van der Waals surface area contributed by atoms with Gasteiger partial charge in [0.2, 0.25) is 9.84 Å². The number of aliphatic hydroxyl groups excluding tert-OH is 1. The molecule has 0 aliphatic rings. The second-order valence-corrected chi connectivity index (χ2v) is 6.01. The largest absolute Gasteiger partial charge is 0.383 e. The number of hydrogen-bond donors (Lipinski definition) is 3. The Hall–Kier alpha value is -1.71. The number of aliphatic hydroxyl groups is 1. The Labute approximate surface area is 110 Å². The van der Waals surface area contributed by atoms with Crippen LogP contribution < -0.4 is 11.1 Å². The summed E-state index contributed by atoms with van der Waals surface area (Å²) in [5.74, 6) is 0. The van der Waals surface area contributed by atoms with Gasteiger partial charge in [0.1, 0.15) is 0 Å². The van der Waals surface area contributed by atoms with Gasteiger partial charge in [-0.15, -0.1) is 0 Å². The smallest absolute Gasteiger partial charge is 0.270 e. The van der Waals surface area contributed by atoms with Gasteiger partial charge in [0.25, 0.3) is 5.69 Å². The Morgan fingerprint density at radius 3 is 2.63 bits per heavy atom. The lowest BCUT2D eigenvalue weighted by molar-refractivity contribution is -0.385. The lowest BCUT2D eigenvalue weighted by Crippen LogP contribution is -2.20. The molecule has 1 aromatic carbocycles. The molecule has 0 aliphatic carbocycles. The van der Waals surface area contributed by atoms with Gasteiger partial charge in [-0.1, -0.05) is 0 Å². The first-order valence-corrected chi connectivity index (χ1v) is 6.99. The number of nitrogens with two attached hydrogens (primary N) is 1. The minimum Gasteiger partial charge on any atom is -0.383 e. The number of nitrogens with one attached hydrogen (secondary N) is 1. The highest BCUT2D eigenvalue weighted by atomic mass is 32.2. The standard InChI is InChI=1S/C10H15N3O5S/c1-7(14)19(17,18)10-6-8(13(15)16)2-3-9(10)12-5-4-11/h2-3,6-7,12,14H,4-5,11H2,1H3. The first-order valence-electron chi connectivity index (χ1n) is 5.45. The second-order valence-electron chi connectivity index (χ2n) is 3.80. The third kappa shape index (κ3) is 3.40. The number of sulfone groups is 1. The van der Waals surface area contributed by atoms with Crippen LogP contribution in [0.4, 0.5) is 11.4 Å². The number of anilines is 1. The highest BCUT2D eigenvalue weighted by Crippen LogP contribution is 2.28. The van der Waals surface area contributed by atoms with Crippen LogP contribution in [0.2, 0.25) is 0 Å². The van der Waals surface area contributed by atoms with Crippen LogP contribution >= 0.6 is 0 Å². The molecule has 8 nitrogen and oxygen atoms in total. The van der Waals surface area contributed by atoms with E-state index in [2.05, 4.69) is 5.32 Å². The predicted octanol–water partition coefficient (Wildman–Crippen LogP) is 0.0774. The molecule has 1 unspecified atom stereocenters. The summed E-state index contributed by atoms with van der Waals surface area (Å²) in [4.78, 5) is 9.67. The molecule has 1 rings (SSSR count). The van der Waals surface area contributed by atoms with Crippen LogP contribution in [0, 0.1) is 10.1 Å². The summed E-state index contributed by atoms with van der Waals surface area (Å²) in [6.07, 6.45) is 0. The van der Waals surface area contributed by atoms with Crippen molar-refractivity contribution >= 4 is 21.2 Å². The number of nitro benzene ring substituents is 1. The summed E-state index contributed by atoms with van der Waals surface area (Å²) in [6, 6.07) is 3.38. The maximum Gasteiger partial charge on any atom is 0.270 e. The Balaban J connectivity index is 3.38. The minimum atomic E-state index is -4.05. The molecule has 0 heterocycles. The monoisotopic (exact) mass is 289 g/mol. The van der Waals surface area contributed by atoms with Crippen LogP contribution in [0.3, 0.4) is 0 Å². The normalized spacial score (nSPS) is 13.0. The topological polar surface area (TPSA) is 136 Å². The molecule has 0 saturated carbocycles. The molecular weight excluding hydrogens is 274 g/mol. The molecule has 0 aliphatic heterocycles. The van der Waals surface area contributed by atoms with Crippen LogP contribution in [0.5, 0.6) is 0 Å². The van der Waals surface area contributed by atoms with Crippen LogP contribution in [0.1, 0.15) is 6.92 Å². The van der Waals surface area contributed by atoms with Crippen molar-refractivity contribution in [2.45, 2.75) is 17.3 Å². The van der Waals surface area contributed by atoms with Crippen molar-refractivity contribution in [3.8, 4) is 0 Å².